The van der Waals surface area contributed by atoms with E-state index in [0.29, 0.717) is 5.56 Å². The molecular weight excluding hydrogens is 222 g/mol. The molecule has 4 heteroatoms. The van der Waals surface area contributed by atoms with Crippen LogP contribution in [0.2, 0.25) is 0 Å². The number of carbonyl (C=O) groups is 1. The van der Waals surface area contributed by atoms with Crippen molar-refractivity contribution in [2.24, 2.45) is 0 Å². The highest BCUT2D eigenvalue weighted by atomic mass is 32.2. The zero-order chi connectivity index (χ0) is 11.5. The van der Waals surface area contributed by atoms with Crippen molar-refractivity contribution in [3.63, 3.8) is 0 Å². The Bertz CT molecular complexity index is 400. The Labute approximate surface area is 99.5 Å². The average Bonchev–Trinajstić information content (AvgIpc) is 2.30. The summed E-state index contributed by atoms with van der Waals surface area (Å²) in [7, 11) is 0. The van der Waals surface area contributed by atoms with Gasteiger partial charge in [-0.3, -0.25) is 0 Å². The smallest absolute Gasteiger partial charge is 0.337 e. The number of aromatic carboxylic acids is 1. The zero-order valence-corrected chi connectivity index (χ0v) is 10.1. The van der Waals surface area contributed by atoms with Gasteiger partial charge in [-0.15, -0.1) is 0 Å². The molecular formula is C12H15NO2S. The molecule has 86 valence electrons. The third-order valence-electron chi connectivity index (χ3n) is 2.73. The zero-order valence-electron chi connectivity index (χ0n) is 9.27. The van der Waals surface area contributed by atoms with Gasteiger partial charge in [0.25, 0.3) is 0 Å². The fraction of sp³-hybridized carbons (Fsp3) is 0.417. The maximum absolute atomic E-state index is 11.2. The molecule has 1 saturated heterocycles. The van der Waals surface area contributed by atoms with E-state index < -0.39 is 5.97 Å². The van der Waals surface area contributed by atoms with Crippen LogP contribution in [-0.4, -0.2) is 35.7 Å². The molecule has 1 aromatic rings. The van der Waals surface area contributed by atoms with Gasteiger partial charge in [0.1, 0.15) is 0 Å². The molecule has 0 atom stereocenters. The summed E-state index contributed by atoms with van der Waals surface area (Å²) in [6, 6.07) is 5.65. The van der Waals surface area contributed by atoms with Gasteiger partial charge < -0.3 is 10.0 Å². The summed E-state index contributed by atoms with van der Waals surface area (Å²) in [5.74, 6) is 1.32. The van der Waals surface area contributed by atoms with Gasteiger partial charge in [0.05, 0.1) is 11.3 Å². The second-order valence-corrected chi connectivity index (χ2v) is 5.15. The fourth-order valence-electron chi connectivity index (χ4n) is 1.90. The van der Waals surface area contributed by atoms with Gasteiger partial charge in [-0.05, 0) is 19.1 Å². The molecule has 1 aliphatic heterocycles. The Morgan fingerprint density at radius 1 is 1.38 bits per heavy atom. The van der Waals surface area contributed by atoms with E-state index in [1.807, 2.05) is 30.8 Å². The molecule has 1 fully saturated rings. The molecule has 0 saturated carbocycles. The number of nitrogens with zero attached hydrogens (tertiary/aromatic N) is 1. The first-order valence-electron chi connectivity index (χ1n) is 5.35. The summed E-state index contributed by atoms with van der Waals surface area (Å²) in [5.41, 5.74) is 2.28. The Morgan fingerprint density at radius 2 is 2.06 bits per heavy atom. The molecule has 1 N–H and O–H groups in total. The first-order valence-corrected chi connectivity index (χ1v) is 6.50. The van der Waals surface area contributed by atoms with Crippen LogP contribution in [0.1, 0.15) is 15.9 Å². The molecule has 2 rings (SSSR count). The summed E-state index contributed by atoms with van der Waals surface area (Å²) in [6.07, 6.45) is 0. The van der Waals surface area contributed by atoms with Crippen LogP contribution >= 0.6 is 11.8 Å². The lowest BCUT2D eigenvalue weighted by molar-refractivity contribution is 0.0697. The molecule has 1 aromatic carbocycles. The van der Waals surface area contributed by atoms with E-state index in [0.717, 1.165) is 35.8 Å². The van der Waals surface area contributed by atoms with Crippen LogP contribution in [0, 0.1) is 6.92 Å². The first-order chi connectivity index (χ1) is 7.68. The van der Waals surface area contributed by atoms with Crippen LogP contribution < -0.4 is 4.90 Å². The van der Waals surface area contributed by atoms with Crippen LogP contribution in [-0.2, 0) is 0 Å². The SMILES string of the molecule is Cc1ccc(N2CCSCC2)c(C(=O)O)c1. The van der Waals surface area contributed by atoms with Crippen molar-refractivity contribution in [3.05, 3.63) is 29.3 Å². The summed E-state index contributed by atoms with van der Waals surface area (Å²) < 4.78 is 0. The fourth-order valence-corrected chi connectivity index (χ4v) is 2.80. The lowest BCUT2D eigenvalue weighted by Gasteiger charge is -2.29. The van der Waals surface area contributed by atoms with Crippen molar-refractivity contribution in [1.29, 1.82) is 0 Å². The molecule has 0 aliphatic carbocycles. The third kappa shape index (κ3) is 2.32. The van der Waals surface area contributed by atoms with E-state index in [2.05, 4.69) is 4.90 Å². The number of benzene rings is 1. The number of carboxylic acids is 1. The minimum atomic E-state index is -0.836. The van der Waals surface area contributed by atoms with E-state index in [1.54, 1.807) is 6.07 Å². The molecule has 1 heterocycles. The standard InChI is InChI=1S/C12H15NO2S/c1-9-2-3-11(10(8-9)12(14)15)13-4-6-16-7-5-13/h2-3,8H,4-7H2,1H3,(H,14,15). The Kier molecular flexibility index (Phi) is 3.39. The van der Waals surface area contributed by atoms with Gasteiger partial charge in [-0.25, -0.2) is 4.79 Å². The van der Waals surface area contributed by atoms with Crippen molar-refractivity contribution < 1.29 is 9.90 Å². The lowest BCUT2D eigenvalue weighted by atomic mass is 10.1. The highest BCUT2D eigenvalue weighted by molar-refractivity contribution is 7.99. The molecule has 0 spiro atoms. The maximum Gasteiger partial charge on any atom is 0.337 e. The Balaban J connectivity index is 2.34. The second-order valence-electron chi connectivity index (χ2n) is 3.93. The number of anilines is 1. The van der Waals surface area contributed by atoms with E-state index in [9.17, 15) is 9.90 Å². The molecule has 0 unspecified atom stereocenters. The van der Waals surface area contributed by atoms with Crippen molar-refractivity contribution >= 4 is 23.4 Å². The average molecular weight is 237 g/mol. The monoisotopic (exact) mass is 237 g/mol. The molecule has 16 heavy (non-hydrogen) atoms. The van der Waals surface area contributed by atoms with Crippen LogP contribution in [0.25, 0.3) is 0 Å². The van der Waals surface area contributed by atoms with Crippen molar-refractivity contribution in [1.82, 2.24) is 0 Å². The van der Waals surface area contributed by atoms with Crippen LogP contribution in [0.3, 0.4) is 0 Å². The molecule has 0 amide bonds. The Morgan fingerprint density at radius 3 is 2.69 bits per heavy atom. The summed E-state index contributed by atoms with van der Waals surface area (Å²) in [6.45, 7) is 3.80. The number of hydrogen-bond donors (Lipinski definition) is 1. The summed E-state index contributed by atoms with van der Waals surface area (Å²) >= 11 is 1.92. The van der Waals surface area contributed by atoms with E-state index in [1.165, 1.54) is 0 Å². The first kappa shape index (κ1) is 11.3. The molecule has 0 aromatic heterocycles. The number of aryl methyl sites for hydroxylation is 1. The predicted octanol–water partition coefficient (Wildman–Crippen LogP) is 2.25. The van der Waals surface area contributed by atoms with E-state index in [4.69, 9.17) is 0 Å². The van der Waals surface area contributed by atoms with Crippen LogP contribution in [0.4, 0.5) is 5.69 Å². The topological polar surface area (TPSA) is 40.5 Å². The largest absolute Gasteiger partial charge is 0.478 e. The molecule has 1 aliphatic rings. The number of thioether (sulfide) groups is 1. The number of rotatable bonds is 2. The number of hydrogen-bond acceptors (Lipinski definition) is 3. The second kappa shape index (κ2) is 4.78. The third-order valence-corrected chi connectivity index (χ3v) is 3.68. The number of carboxylic acid groups (broad SMARTS) is 1. The van der Waals surface area contributed by atoms with Gasteiger partial charge >= 0.3 is 5.97 Å². The minimum absolute atomic E-state index is 0.423. The highest BCUT2D eigenvalue weighted by Crippen LogP contribution is 2.24. The molecule has 3 nitrogen and oxygen atoms in total. The van der Waals surface area contributed by atoms with E-state index in [-0.39, 0.29) is 0 Å². The van der Waals surface area contributed by atoms with Crippen molar-refractivity contribution in [2.75, 3.05) is 29.5 Å². The van der Waals surface area contributed by atoms with Gasteiger partial charge in [0.15, 0.2) is 0 Å². The molecule has 0 radical (unpaired) electrons. The van der Waals surface area contributed by atoms with E-state index >= 15 is 0 Å². The Hall–Kier alpha value is -1.16. The van der Waals surface area contributed by atoms with Gasteiger partial charge in [0, 0.05) is 24.6 Å². The lowest BCUT2D eigenvalue weighted by Crippen LogP contribution is -2.33. The highest BCUT2D eigenvalue weighted by Gasteiger charge is 2.17. The van der Waals surface area contributed by atoms with Crippen LogP contribution in [0.5, 0.6) is 0 Å². The van der Waals surface area contributed by atoms with Gasteiger partial charge in [0.2, 0.25) is 0 Å². The quantitative estimate of drug-likeness (QED) is 0.856. The van der Waals surface area contributed by atoms with Gasteiger partial charge in [-0.2, -0.15) is 11.8 Å². The van der Waals surface area contributed by atoms with Crippen molar-refractivity contribution in [2.45, 2.75) is 6.92 Å². The van der Waals surface area contributed by atoms with Crippen LogP contribution in [0.15, 0.2) is 18.2 Å². The van der Waals surface area contributed by atoms with Crippen molar-refractivity contribution in [3.8, 4) is 0 Å². The molecule has 0 bridgehead atoms. The predicted molar refractivity (Wildman–Crippen MR) is 67.7 cm³/mol. The minimum Gasteiger partial charge on any atom is -0.478 e. The normalized spacial score (nSPS) is 16.2. The summed E-state index contributed by atoms with van der Waals surface area (Å²) in [5, 5.41) is 9.19. The van der Waals surface area contributed by atoms with Gasteiger partial charge in [-0.1, -0.05) is 11.6 Å². The maximum atomic E-state index is 11.2. The summed E-state index contributed by atoms with van der Waals surface area (Å²) in [4.78, 5) is 13.4.